The van der Waals surface area contributed by atoms with Crippen LogP contribution in [0.25, 0.3) is 0 Å². The minimum absolute atomic E-state index is 0.00648. The molecule has 0 radical (unpaired) electrons. The first kappa shape index (κ1) is 22.0. The number of ketones is 2. The summed E-state index contributed by atoms with van der Waals surface area (Å²) in [4.78, 5) is 40.3. The highest BCUT2D eigenvalue weighted by atomic mass is 19.1. The predicted octanol–water partition coefficient (Wildman–Crippen LogP) is 1.19. The molecule has 9 nitrogen and oxygen atoms in total. The van der Waals surface area contributed by atoms with Crippen molar-refractivity contribution in [2.24, 2.45) is 22.7 Å². The van der Waals surface area contributed by atoms with Crippen LogP contribution in [0.1, 0.15) is 46.0 Å². The fraction of sp³-hybridized carbons (Fsp3) is 0.714. The molecule has 4 rings (SSSR count). The third-order valence-corrected chi connectivity index (χ3v) is 8.75. The van der Waals surface area contributed by atoms with E-state index in [1.807, 2.05) is 0 Å². The lowest BCUT2D eigenvalue weighted by Gasteiger charge is -2.61. The molecule has 0 amide bonds. The molecular formula is C21H26FNO8. The van der Waals surface area contributed by atoms with Crippen molar-refractivity contribution in [2.75, 3.05) is 6.61 Å². The lowest BCUT2D eigenvalue weighted by atomic mass is 9.45. The van der Waals surface area contributed by atoms with Gasteiger partial charge in [-0.05, 0) is 56.9 Å². The number of aliphatic hydroxyl groups is 3. The zero-order chi connectivity index (χ0) is 23.0. The quantitative estimate of drug-likeness (QED) is 0.437. The first-order valence-electron chi connectivity index (χ1n) is 10.4. The zero-order valence-corrected chi connectivity index (χ0v) is 17.3. The SMILES string of the molecule is C[C@@]12C(=CC(=O)C=C1O[N+](=O)[O-])CC[C@H]1[C@@H]3C[C@@H](O)[C@](O)(C(=O)CO)[C@@]3(C)CCC12F. The highest BCUT2D eigenvalue weighted by Crippen LogP contribution is 2.70. The van der Waals surface area contributed by atoms with Gasteiger partial charge in [-0.1, -0.05) is 12.5 Å². The van der Waals surface area contributed by atoms with Gasteiger partial charge in [0, 0.05) is 11.5 Å². The molecule has 1 unspecified atom stereocenters. The highest BCUT2D eigenvalue weighted by molar-refractivity contribution is 6.01. The van der Waals surface area contributed by atoms with E-state index in [2.05, 4.69) is 0 Å². The largest absolute Gasteiger partial charge is 0.390 e. The number of allylic oxidation sites excluding steroid dienone is 3. The number of rotatable bonds is 4. The lowest BCUT2D eigenvalue weighted by molar-refractivity contribution is -0.745. The van der Waals surface area contributed by atoms with Crippen LogP contribution in [0.5, 0.6) is 0 Å². The molecule has 0 aromatic rings. The molecule has 4 aliphatic carbocycles. The van der Waals surface area contributed by atoms with Crippen molar-refractivity contribution in [1.82, 2.24) is 0 Å². The molecule has 0 aromatic heterocycles. The van der Waals surface area contributed by atoms with Crippen LogP contribution in [0.4, 0.5) is 4.39 Å². The number of halogens is 1. The Morgan fingerprint density at radius 3 is 2.61 bits per heavy atom. The van der Waals surface area contributed by atoms with Crippen LogP contribution < -0.4 is 0 Å². The van der Waals surface area contributed by atoms with Gasteiger partial charge >= 0.3 is 0 Å². The highest BCUT2D eigenvalue weighted by Gasteiger charge is 2.74. The van der Waals surface area contributed by atoms with Crippen LogP contribution in [0, 0.1) is 32.8 Å². The average molecular weight is 439 g/mol. The Balaban J connectivity index is 1.81. The smallest absolute Gasteiger partial charge is 0.299 e. The molecule has 0 spiro atoms. The summed E-state index contributed by atoms with van der Waals surface area (Å²) in [5, 5.41) is 41.2. The van der Waals surface area contributed by atoms with Crippen LogP contribution in [0.2, 0.25) is 0 Å². The molecule has 0 bridgehead atoms. The van der Waals surface area contributed by atoms with E-state index in [1.165, 1.54) is 13.0 Å². The van der Waals surface area contributed by atoms with Crippen LogP contribution in [0.15, 0.2) is 23.5 Å². The van der Waals surface area contributed by atoms with Crippen molar-refractivity contribution < 1.29 is 39.2 Å². The van der Waals surface area contributed by atoms with E-state index >= 15 is 4.39 Å². The molecular weight excluding hydrogens is 413 g/mol. The fourth-order valence-electron chi connectivity index (χ4n) is 7.03. The molecule has 0 saturated heterocycles. The van der Waals surface area contributed by atoms with Crippen molar-refractivity contribution in [3.63, 3.8) is 0 Å². The van der Waals surface area contributed by atoms with Crippen molar-refractivity contribution in [1.29, 1.82) is 0 Å². The van der Waals surface area contributed by atoms with Crippen LogP contribution in [0.3, 0.4) is 0 Å². The summed E-state index contributed by atoms with van der Waals surface area (Å²) in [5.41, 5.74) is -6.59. The summed E-state index contributed by atoms with van der Waals surface area (Å²) in [6.07, 6.45) is 1.14. The second-order valence-corrected chi connectivity index (χ2v) is 9.65. The Labute approximate surface area is 177 Å². The number of carbonyl (C=O) groups is 2. The molecule has 0 aliphatic heterocycles. The van der Waals surface area contributed by atoms with Crippen LogP contribution in [-0.4, -0.2) is 56.0 Å². The van der Waals surface area contributed by atoms with Crippen LogP contribution >= 0.6 is 0 Å². The van der Waals surface area contributed by atoms with Crippen molar-refractivity contribution in [3.8, 4) is 0 Å². The minimum atomic E-state index is -2.21. The lowest BCUT2D eigenvalue weighted by Crippen LogP contribution is -2.65. The molecule has 10 heteroatoms. The average Bonchev–Trinajstić information content (AvgIpc) is 2.90. The second kappa shape index (κ2) is 6.66. The molecule has 4 aliphatic rings. The number of hydrogen-bond donors (Lipinski definition) is 3. The van der Waals surface area contributed by atoms with E-state index in [0.717, 1.165) is 6.08 Å². The number of hydrogen-bond acceptors (Lipinski definition) is 8. The van der Waals surface area contributed by atoms with E-state index in [-0.39, 0.29) is 37.9 Å². The molecule has 3 N–H and O–H groups in total. The maximum atomic E-state index is 17.0. The summed E-state index contributed by atoms with van der Waals surface area (Å²) >= 11 is 0. The van der Waals surface area contributed by atoms with Gasteiger partial charge in [0.25, 0.3) is 5.09 Å². The van der Waals surface area contributed by atoms with Gasteiger partial charge < -0.3 is 15.3 Å². The molecule has 31 heavy (non-hydrogen) atoms. The van der Waals surface area contributed by atoms with E-state index in [1.54, 1.807) is 6.92 Å². The molecule has 3 saturated carbocycles. The summed E-state index contributed by atoms with van der Waals surface area (Å²) in [5.74, 6) is -3.15. The standard InChI is InChI=1S/C21H26FNO8/c1-18-5-6-20(22)13(14(18)9-15(26)21(18,28)16(27)10-24)4-3-11-7-12(25)8-17(19(11,20)2)31-23(29)30/h7-8,13-15,24,26,28H,3-6,9-10H2,1-2H3/t13-,14-,15+,18-,19+,20?,21-/m0/s1. The minimum Gasteiger partial charge on any atom is -0.390 e. The van der Waals surface area contributed by atoms with Crippen molar-refractivity contribution in [3.05, 3.63) is 33.6 Å². The summed E-state index contributed by atoms with van der Waals surface area (Å²) in [6, 6.07) is 0. The molecule has 7 atom stereocenters. The third-order valence-electron chi connectivity index (χ3n) is 8.75. The summed E-state index contributed by atoms with van der Waals surface area (Å²) in [6.45, 7) is 2.17. The van der Waals surface area contributed by atoms with Gasteiger partial charge in [-0.2, -0.15) is 0 Å². The molecule has 170 valence electrons. The Bertz CT molecular complexity index is 932. The molecule has 3 fully saturated rings. The predicted molar refractivity (Wildman–Crippen MR) is 102 cm³/mol. The van der Waals surface area contributed by atoms with E-state index in [0.29, 0.717) is 5.57 Å². The zero-order valence-electron chi connectivity index (χ0n) is 17.3. The number of fused-ring (bicyclic) bond motifs is 5. The Morgan fingerprint density at radius 1 is 1.32 bits per heavy atom. The Morgan fingerprint density at radius 2 is 2.00 bits per heavy atom. The van der Waals surface area contributed by atoms with Crippen LogP contribution in [-0.2, 0) is 14.4 Å². The van der Waals surface area contributed by atoms with Gasteiger partial charge in [0.15, 0.2) is 17.2 Å². The van der Waals surface area contributed by atoms with Crippen molar-refractivity contribution >= 4 is 11.6 Å². The number of Topliss-reactive ketones (excluding diaryl/α,β-unsaturated/α-hetero) is 1. The first-order valence-corrected chi connectivity index (χ1v) is 10.4. The number of carbonyl (C=O) groups excluding carboxylic acids is 2. The van der Waals surface area contributed by atoms with Gasteiger partial charge in [-0.25, -0.2) is 4.39 Å². The normalized spacial score (nSPS) is 46.3. The van der Waals surface area contributed by atoms with E-state index in [9.17, 15) is 35.0 Å². The maximum absolute atomic E-state index is 17.0. The van der Waals surface area contributed by atoms with E-state index in [4.69, 9.17) is 4.84 Å². The number of alkyl halides is 1. The Kier molecular flexibility index (Phi) is 4.74. The maximum Gasteiger partial charge on any atom is 0.299 e. The van der Waals surface area contributed by atoms with Gasteiger partial charge in [0.2, 0.25) is 0 Å². The fourth-order valence-corrected chi connectivity index (χ4v) is 7.03. The van der Waals surface area contributed by atoms with Crippen molar-refractivity contribution in [2.45, 2.75) is 63.3 Å². The second-order valence-electron chi connectivity index (χ2n) is 9.65. The van der Waals surface area contributed by atoms with Gasteiger partial charge in [-0.3, -0.25) is 14.4 Å². The number of nitrogens with zero attached hydrogens (tertiary/aromatic N) is 1. The topological polar surface area (TPSA) is 147 Å². The third kappa shape index (κ3) is 2.52. The first-order chi connectivity index (χ1) is 14.4. The van der Waals surface area contributed by atoms with Gasteiger partial charge in [0.05, 0.1) is 11.5 Å². The summed E-state index contributed by atoms with van der Waals surface area (Å²) < 4.78 is 17.0. The van der Waals surface area contributed by atoms with E-state index < -0.39 is 63.3 Å². The molecule has 0 heterocycles. The summed E-state index contributed by atoms with van der Waals surface area (Å²) in [7, 11) is 0. The van der Waals surface area contributed by atoms with Gasteiger partial charge in [-0.15, -0.1) is 10.1 Å². The number of aliphatic hydroxyl groups excluding tert-OH is 2. The monoisotopic (exact) mass is 439 g/mol. The molecule has 0 aromatic carbocycles. The van der Waals surface area contributed by atoms with Gasteiger partial charge in [0.1, 0.15) is 18.0 Å². The Hall–Kier alpha value is -2.17.